The molecule has 1 aromatic rings. The molecule has 6 nitrogen and oxygen atoms in total. The van der Waals surface area contributed by atoms with Crippen molar-refractivity contribution in [2.75, 3.05) is 13.6 Å². The second-order valence-corrected chi connectivity index (χ2v) is 4.66. The summed E-state index contributed by atoms with van der Waals surface area (Å²) in [5.41, 5.74) is 1.09. The molecule has 1 aromatic heterocycles. The van der Waals surface area contributed by atoms with E-state index >= 15 is 0 Å². The molecule has 0 bridgehead atoms. The summed E-state index contributed by atoms with van der Waals surface area (Å²) in [6.45, 7) is 2.41. The van der Waals surface area contributed by atoms with Crippen LogP contribution < -0.4 is 5.32 Å². The van der Waals surface area contributed by atoms with Gasteiger partial charge in [-0.3, -0.25) is 4.98 Å². The van der Waals surface area contributed by atoms with E-state index in [-0.39, 0.29) is 6.03 Å². The number of rotatable bonds is 7. The molecule has 1 rings (SSSR count). The summed E-state index contributed by atoms with van der Waals surface area (Å²) >= 11 is 0. The molecule has 1 heterocycles. The van der Waals surface area contributed by atoms with Gasteiger partial charge in [-0.1, -0.05) is 13.3 Å². The van der Waals surface area contributed by atoms with E-state index in [0.717, 1.165) is 5.56 Å². The topological polar surface area (TPSA) is 82.5 Å². The summed E-state index contributed by atoms with van der Waals surface area (Å²) < 4.78 is 0. The van der Waals surface area contributed by atoms with Gasteiger partial charge in [-0.2, -0.15) is 0 Å². The lowest BCUT2D eigenvalue weighted by atomic mass is 10.2. The number of carbonyl (C=O) groups excluding carboxylic acids is 1. The summed E-state index contributed by atoms with van der Waals surface area (Å²) in [6.07, 6.45) is 5.25. The zero-order chi connectivity index (χ0) is 15.0. The molecular weight excluding hydrogens is 258 g/mol. The van der Waals surface area contributed by atoms with E-state index in [9.17, 15) is 9.59 Å². The fourth-order valence-corrected chi connectivity index (χ4v) is 1.75. The van der Waals surface area contributed by atoms with E-state index in [1.807, 2.05) is 19.1 Å². The van der Waals surface area contributed by atoms with Crippen LogP contribution in [0.15, 0.2) is 24.5 Å². The van der Waals surface area contributed by atoms with Crippen LogP contribution in [0.5, 0.6) is 0 Å². The van der Waals surface area contributed by atoms with E-state index in [1.54, 1.807) is 19.4 Å². The van der Waals surface area contributed by atoms with Crippen LogP contribution in [0.25, 0.3) is 0 Å². The third kappa shape index (κ3) is 5.26. The lowest BCUT2D eigenvalue weighted by Gasteiger charge is -2.21. The first-order valence-electron chi connectivity index (χ1n) is 6.68. The van der Waals surface area contributed by atoms with Gasteiger partial charge in [0.1, 0.15) is 6.04 Å². The third-order valence-electron chi connectivity index (χ3n) is 3.01. The van der Waals surface area contributed by atoms with Gasteiger partial charge in [-0.25, -0.2) is 9.59 Å². The van der Waals surface area contributed by atoms with Crippen molar-refractivity contribution in [2.45, 2.75) is 32.2 Å². The van der Waals surface area contributed by atoms with Crippen molar-refractivity contribution in [3.05, 3.63) is 30.1 Å². The molecule has 20 heavy (non-hydrogen) atoms. The maximum Gasteiger partial charge on any atom is 0.326 e. The molecule has 6 heteroatoms. The number of nitrogens with zero attached hydrogens (tertiary/aromatic N) is 2. The highest BCUT2D eigenvalue weighted by Gasteiger charge is 2.20. The molecular formula is C14H21N3O3. The first-order chi connectivity index (χ1) is 9.54. The van der Waals surface area contributed by atoms with Gasteiger partial charge < -0.3 is 15.3 Å². The molecule has 0 aliphatic carbocycles. The average molecular weight is 279 g/mol. The minimum Gasteiger partial charge on any atom is -0.480 e. The SMILES string of the molecule is CCC[C@@H](NC(=O)N(C)CCc1ccncc1)C(=O)O. The van der Waals surface area contributed by atoms with Gasteiger partial charge in [0, 0.05) is 26.0 Å². The minimum atomic E-state index is -0.997. The molecule has 0 saturated heterocycles. The van der Waals surface area contributed by atoms with Crippen LogP contribution in [0.1, 0.15) is 25.3 Å². The second kappa shape index (κ2) is 8.14. The molecule has 1 atom stereocenters. The van der Waals surface area contributed by atoms with Crippen molar-refractivity contribution in [1.29, 1.82) is 0 Å². The number of carbonyl (C=O) groups is 2. The largest absolute Gasteiger partial charge is 0.480 e. The van der Waals surface area contributed by atoms with Gasteiger partial charge in [0.25, 0.3) is 0 Å². The highest BCUT2D eigenvalue weighted by atomic mass is 16.4. The number of amides is 2. The summed E-state index contributed by atoms with van der Waals surface area (Å²) in [4.78, 5) is 28.3. The molecule has 0 spiro atoms. The van der Waals surface area contributed by atoms with Crippen molar-refractivity contribution in [1.82, 2.24) is 15.2 Å². The van der Waals surface area contributed by atoms with Crippen LogP contribution in [-0.4, -0.2) is 46.6 Å². The Morgan fingerprint density at radius 2 is 2.05 bits per heavy atom. The number of pyridine rings is 1. The number of likely N-dealkylation sites (N-methyl/N-ethyl adjacent to an activating group) is 1. The normalized spacial score (nSPS) is 11.7. The fourth-order valence-electron chi connectivity index (χ4n) is 1.75. The first kappa shape index (κ1) is 15.9. The van der Waals surface area contributed by atoms with E-state index in [4.69, 9.17) is 5.11 Å². The quantitative estimate of drug-likeness (QED) is 0.792. The van der Waals surface area contributed by atoms with Crippen LogP contribution in [-0.2, 0) is 11.2 Å². The molecule has 2 amide bonds. The number of carboxylic acid groups (broad SMARTS) is 1. The maximum absolute atomic E-state index is 11.9. The summed E-state index contributed by atoms with van der Waals surface area (Å²) in [5, 5.41) is 11.5. The second-order valence-electron chi connectivity index (χ2n) is 4.66. The number of aliphatic carboxylic acids is 1. The van der Waals surface area contributed by atoms with Crippen molar-refractivity contribution >= 4 is 12.0 Å². The Kier molecular flexibility index (Phi) is 6.49. The van der Waals surface area contributed by atoms with Gasteiger partial charge in [-0.15, -0.1) is 0 Å². The van der Waals surface area contributed by atoms with E-state index in [1.165, 1.54) is 4.90 Å². The standard InChI is InChI=1S/C14H21N3O3/c1-3-4-12(13(18)19)16-14(20)17(2)10-7-11-5-8-15-9-6-11/h5-6,8-9,12H,3-4,7,10H2,1-2H3,(H,16,20)(H,18,19)/t12-/m1/s1. The molecule has 0 aromatic carbocycles. The summed E-state index contributed by atoms with van der Waals surface area (Å²) in [6, 6.07) is 2.60. The number of hydrogen-bond donors (Lipinski definition) is 2. The number of aromatic nitrogens is 1. The van der Waals surface area contributed by atoms with Crippen LogP contribution in [0.4, 0.5) is 4.79 Å². The van der Waals surface area contributed by atoms with Gasteiger partial charge in [0.15, 0.2) is 0 Å². The molecule has 0 aliphatic heterocycles. The van der Waals surface area contributed by atoms with Crippen LogP contribution in [0.3, 0.4) is 0 Å². The zero-order valence-corrected chi connectivity index (χ0v) is 11.9. The molecule has 0 unspecified atom stereocenters. The highest BCUT2D eigenvalue weighted by Crippen LogP contribution is 2.01. The predicted molar refractivity (Wildman–Crippen MR) is 75.4 cm³/mol. The van der Waals surface area contributed by atoms with Crippen molar-refractivity contribution in [3.8, 4) is 0 Å². The van der Waals surface area contributed by atoms with Gasteiger partial charge in [0.2, 0.25) is 0 Å². The minimum absolute atomic E-state index is 0.361. The Morgan fingerprint density at radius 1 is 1.40 bits per heavy atom. The molecule has 110 valence electrons. The number of carboxylic acids is 1. The Morgan fingerprint density at radius 3 is 2.60 bits per heavy atom. The van der Waals surface area contributed by atoms with Crippen molar-refractivity contribution in [3.63, 3.8) is 0 Å². The molecule has 0 aliphatic rings. The van der Waals surface area contributed by atoms with Gasteiger partial charge >= 0.3 is 12.0 Å². The van der Waals surface area contributed by atoms with Crippen molar-refractivity contribution < 1.29 is 14.7 Å². The maximum atomic E-state index is 11.9. The highest BCUT2D eigenvalue weighted by molar-refractivity contribution is 5.82. The number of hydrogen-bond acceptors (Lipinski definition) is 3. The van der Waals surface area contributed by atoms with E-state index in [0.29, 0.717) is 25.8 Å². The lowest BCUT2D eigenvalue weighted by molar-refractivity contribution is -0.139. The molecule has 2 N–H and O–H groups in total. The van der Waals surface area contributed by atoms with Crippen LogP contribution in [0, 0.1) is 0 Å². The van der Waals surface area contributed by atoms with Crippen LogP contribution >= 0.6 is 0 Å². The Hall–Kier alpha value is -2.11. The number of nitrogens with one attached hydrogen (secondary N) is 1. The summed E-state index contributed by atoms with van der Waals surface area (Å²) in [7, 11) is 1.65. The Bertz CT molecular complexity index is 437. The van der Waals surface area contributed by atoms with E-state index in [2.05, 4.69) is 10.3 Å². The Balaban J connectivity index is 2.44. The number of urea groups is 1. The van der Waals surface area contributed by atoms with Crippen LogP contribution in [0.2, 0.25) is 0 Å². The smallest absolute Gasteiger partial charge is 0.326 e. The van der Waals surface area contributed by atoms with Gasteiger partial charge in [0.05, 0.1) is 0 Å². The van der Waals surface area contributed by atoms with E-state index < -0.39 is 12.0 Å². The first-order valence-corrected chi connectivity index (χ1v) is 6.68. The Labute approximate surface area is 118 Å². The summed E-state index contributed by atoms with van der Waals surface area (Å²) in [5.74, 6) is -0.997. The lowest BCUT2D eigenvalue weighted by Crippen LogP contribution is -2.47. The average Bonchev–Trinajstić information content (AvgIpc) is 2.45. The van der Waals surface area contributed by atoms with Crippen molar-refractivity contribution in [2.24, 2.45) is 0 Å². The molecule has 0 fully saturated rings. The fraction of sp³-hybridized carbons (Fsp3) is 0.500. The van der Waals surface area contributed by atoms with Gasteiger partial charge in [-0.05, 0) is 30.5 Å². The molecule has 0 saturated carbocycles. The zero-order valence-electron chi connectivity index (χ0n) is 11.9. The predicted octanol–water partition coefficient (Wildman–Crippen LogP) is 1.52. The third-order valence-corrected chi connectivity index (χ3v) is 3.01. The monoisotopic (exact) mass is 279 g/mol. The molecule has 0 radical (unpaired) electrons.